The van der Waals surface area contributed by atoms with Gasteiger partial charge in [0.1, 0.15) is 22.9 Å². The monoisotopic (exact) mass is 495 g/mol. The zero-order valence-corrected chi connectivity index (χ0v) is 20.2. The summed E-state index contributed by atoms with van der Waals surface area (Å²) in [4.78, 5) is 19.2. The van der Waals surface area contributed by atoms with E-state index in [2.05, 4.69) is 30.2 Å². The average Bonchev–Trinajstić information content (AvgIpc) is 3.22. The van der Waals surface area contributed by atoms with E-state index in [9.17, 15) is 13.9 Å². The molecule has 1 fully saturated rings. The number of nitrogens with zero attached hydrogens (tertiary/aromatic N) is 6. The molecule has 0 radical (unpaired) electrons. The molecule has 11 heteroatoms. The molecule has 2 N–H and O–H groups in total. The number of anilines is 3. The van der Waals surface area contributed by atoms with Crippen LogP contribution in [0.4, 0.5) is 26.2 Å². The van der Waals surface area contributed by atoms with E-state index in [1.807, 2.05) is 31.4 Å². The zero-order valence-electron chi connectivity index (χ0n) is 20.2. The van der Waals surface area contributed by atoms with E-state index < -0.39 is 11.6 Å². The molecule has 1 aliphatic rings. The average molecular weight is 496 g/mol. The predicted molar refractivity (Wildman–Crippen MR) is 132 cm³/mol. The van der Waals surface area contributed by atoms with Crippen molar-refractivity contribution in [3.63, 3.8) is 0 Å². The molecule has 0 aliphatic carbocycles. The second kappa shape index (κ2) is 9.75. The number of aromatic nitrogens is 5. The lowest BCUT2D eigenvalue weighted by molar-refractivity contribution is 0.00355. The number of ether oxygens (including phenoxy) is 1. The number of nitrogens with one attached hydrogen (secondary N) is 1. The molecule has 1 atom stereocenters. The van der Waals surface area contributed by atoms with Gasteiger partial charge in [-0.2, -0.15) is 0 Å². The Morgan fingerprint density at radius 3 is 2.69 bits per heavy atom. The topological polar surface area (TPSA) is 101 Å². The number of halogens is 2. The minimum Gasteiger partial charge on any atom is -0.394 e. The number of morpholine rings is 1. The zero-order chi connectivity index (χ0) is 25.4. The number of hydrogen-bond acceptors (Lipinski definition) is 8. The van der Waals surface area contributed by atoms with Gasteiger partial charge in [0.15, 0.2) is 11.6 Å². The summed E-state index contributed by atoms with van der Waals surface area (Å²) in [6.45, 7) is 7.54. The summed E-state index contributed by atoms with van der Waals surface area (Å²) in [5.74, 6) is 0.0768. The summed E-state index contributed by atoms with van der Waals surface area (Å²) in [5.41, 5.74) is 1.98. The Kier molecular flexibility index (Phi) is 6.50. The number of pyridine rings is 1. The van der Waals surface area contributed by atoms with Gasteiger partial charge in [-0.15, -0.1) is 0 Å². The van der Waals surface area contributed by atoms with Crippen LogP contribution in [0, 0.1) is 18.6 Å². The molecular weight excluding hydrogens is 468 g/mol. The van der Waals surface area contributed by atoms with Crippen molar-refractivity contribution in [2.24, 2.45) is 0 Å². The molecule has 1 saturated heterocycles. The molecule has 36 heavy (non-hydrogen) atoms. The molecule has 1 aliphatic heterocycles. The van der Waals surface area contributed by atoms with E-state index in [1.54, 1.807) is 18.3 Å². The van der Waals surface area contributed by atoms with Gasteiger partial charge in [-0.05, 0) is 45.0 Å². The Hall–Kier alpha value is -3.70. The second-order valence-electron chi connectivity index (χ2n) is 8.99. The Labute approximate surface area is 206 Å². The number of benzene rings is 1. The van der Waals surface area contributed by atoms with Gasteiger partial charge in [0.05, 0.1) is 42.9 Å². The molecule has 0 amide bonds. The first kappa shape index (κ1) is 24.0. The van der Waals surface area contributed by atoms with Crippen LogP contribution >= 0.6 is 0 Å². The summed E-state index contributed by atoms with van der Waals surface area (Å²) in [7, 11) is 0. The molecule has 0 saturated carbocycles. The molecule has 4 aromatic rings. The number of aliphatic hydroxyl groups is 1. The van der Waals surface area contributed by atoms with E-state index in [4.69, 9.17) is 4.74 Å². The fourth-order valence-corrected chi connectivity index (χ4v) is 4.51. The fraction of sp³-hybridized carbons (Fsp3) is 0.360. The molecule has 0 unspecified atom stereocenters. The third-order valence-corrected chi connectivity index (χ3v) is 6.15. The lowest BCUT2D eigenvalue weighted by Gasteiger charge is -2.33. The molecule has 0 spiro atoms. The molecule has 5 rings (SSSR count). The molecular formula is C25H27F2N7O2. The van der Waals surface area contributed by atoms with Crippen LogP contribution in [0.3, 0.4) is 0 Å². The quantitative estimate of drug-likeness (QED) is 0.414. The third-order valence-electron chi connectivity index (χ3n) is 6.15. The lowest BCUT2D eigenvalue weighted by Crippen LogP contribution is -2.44. The number of aryl methyl sites for hydroxylation is 1. The van der Waals surface area contributed by atoms with Crippen LogP contribution in [0.25, 0.3) is 22.3 Å². The Bertz CT molecular complexity index is 1390. The highest BCUT2D eigenvalue weighted by Gasteiger charge is 2.21. The van der Waals surface area contributed by atoms with E-state index in [0.29, 0.717) is 42.4 Å². The normalized spacial score (nSPS) is 16.2. The molecule has 188 valence electrons. The molecule has 4 heterocycles. The highest BCUT2D eigenvalue weighted by Crippen LogP contribution is 2.30. The molecule has 3 aromatic heterocycles. The van der Waals surface area contributed by atoms with E-state index >= 15 is 0 Å². The van der Waals surface area contributed by atoms with Crippen LogP contribution in [0.2, 0.25) is 0 Å². The van der Waals surface area contributed by atoms with Crippen molar-refractivity contribution < 1.29 is 18.6 Å². The van der Waals surface area contributed by atoms with Crippen LogP contribution in [-0.4, -0.2) is 62.0 Å². The van der Waals surface area contributed by atoms with Crippen LogP contribution in [0.15, 0.2) is 36.7 Å². The summed E-state index contributed by atoms with van der Waals surface area (Å²) < 4.78 is 37.1. The van der Waals surface area contributed by atoms with Gasteiger partial charge in [-0.1, -0.05) is 0 Å². The molecule has 1 aromatic carbocycles. The van der Waals surface area contributed by atoms with Crippen LogP contribution in [0.5, 0.6) is 0 Å². The van der Waals surface area contributed by atoms with Gasteiger partial charge in [0.25, 0.3) is 0 Å². The minimum atomic E-state index is -0.666. The highest BCUT2D eigenvalue weighted by atomic mass is 19.1. The van der Waals surface area contributed by atoms with Crippen LogP contribution in [-0.2, 0) is 4.74 Å². The smallest absolute Gasteiger partial charge is 0.229 e. The molecule has 0 bridgehead atoms. The van der Waals surface area contributed by atoms with Crippen molar-refractivity contribution in [1.29, 1.82) is 0 Å². The maximum atomic E-state index is 14.9. The van der Waals surface area contributed by atoms with Gasteiger partial charge in [-0.25, -0.2) is 28.7 Å². The predicted octanol–water partition coefficient (Wildman–Crippen LogP) is 4.00. The number of rotatable bonds is 6. The van der Waals surface area contributed by atoms with Crippen molar-refractivity contribution in [3.8, 4) is 11.3 Å². The number of hydrogen-bond donors (Lipinski definition) is 2. The first-order chi connectivity index (χ1) is 17.3. The third kappa shape index (κ3) is 4.59. The molecule has 9 nitrogen and oxygen atoms in total. The minimum absolute atomic E-state index is 0.0255. The van der Waals surface area contributed by atoms with Gasteiger partial charge >= 0.3 is 0 Å². The second-order valence-corrected chi connectivity index (χ2v) is 8.99. The summed E-state index contributed by atoms with van der Waals surface area (Å²) in [6.07, 6.45) is 2.52. The summed E-state index contributed by atoms with van der Waals surface area (Å²) >= 11 is 0. The first-order valence-corrected chi connectivity index (χ1v) is 11.8. The Morgan fingerprint density at radius 1 is 1.14 bits per heavy atom. The number of aliphatic hydroxyl groups excluding tert-OH is 1. The number of imidazole rings is 1. The van der Waals surface area contributed by atoms with Crippen molar-refractivity contribution in [2.75, 3.05) is 36.5 Å². The van der Waals surface area contributed by atoms with Crippen LogP contribution < -0.4 is 10.2 Å². The number of fused-ring (bicyclic) bond motifs is 1. The maximum absolute atomic E-state index is 14.9. The van der Waals surface area contributed by atoms with Gasteiger partial charge in [0, 0.05) is 24.7 Å². The Balaban J connectivity index is 1.41. The van der Waals surface area contributed by atoms with E-state index in [1.165, 1.54) is 6.07 Å². The standard InChI is InChI=1S/C25H27F2N7O2/c1-14(2)34-15(3)30-24-19(26)8-16(9-21(24)34)23-20(27)11-29-25(32-23)31-22-5-4-17(10-28-22)33-6-7-36-18(12-33)13-35/h4-5,8-11,14,18,35H,6-7,12-13H2,1-3H3,(H,28,29,31,32)/t18-/m0/s1. The Morgan fingerprint density at radius 2 is 1.97 bits per heavy atom. The van der Waals surface area contributed by atoms with E-state index in [-0.39, 0.29) is 35.9 Å². The fourth-order valence-electron chi connectivity index (χ4n) is 4.51. The highest BCUT2D eigenvalue weighted by molar-refractivity contribution is 5.83. The van der Waals surface area contributed by atoms with Crippen molar-refractivity contribution in [2.45, 2.75) is 32.9 Å². The largest absolute Gasteiger partial charge is 0.394 e. The van der Waals surface area contributed by atoms with Crippen molar-refractivity contribution in [3.05, 3.63) is 54.1 Å². The maximum Gasteiger partial charge on any atom is 0.229 e. The summed E-state index contributed by atoms with van der Waals surface area (Å²) in [6, 6.07) is 6.64. The van der Waals surface area contributed by atoms with Gasteiger partial charge < -0.3 is 24.6 Å². The van der Waals surface area contributed by atoms with Crippen molar-refractivity contribution in [1.82, 2.24) is 24.5 Å². The van der Waals surface area contributed by atoms with Gasteiger partial charge in [0.2, 0.25) is 5.95 Å². The van der Waals surface area contributed by atoms with Crippen molar-refractivity contribution >= 4 is 28.5 Å². The van der Waals surface area contributed by atoms with Gasteiger partial charge in [-0.3, -0.25) is 0 Å². The summed E-state index contributed by atoms with van der Waals surface area (Å²) in [5, 5.41) is 12.3. The first-order valence-electron chi connectivity index (χ1n) is 11.8. The van der Waals surface area contributed by atoms with E-state index in [0.717, 1.165) is 11.9 Å². The lowest BCUT2D eigenvalue weighted by atomic mass is 10.1. The van der Waals surface area contributed by atoms with Crippen LogP contribution in [0.1, 0.15) is 25.7 Å². The SMILES string of the molecule is Cc1nc2c(F)cc(-c3nc(Nc4ccc(N5CCO[C@H](CO)C5)cn4)ncc3F)cc2n1C(C)C.